The number of benzene rings is 1. The number of sulfone groups is 1. The first-order chi connectivity index (χ1) is 9.96. The zero-order valence-corrected chi connectivity index (χ0v) is 12.9. The third-order valence-corrected chi connectivity index (χ3v) is 5.14. The van der Waals surface area contributed by atoms with Crippen molar-refractivity contribution in [1.82, 2.24) is 0 Å². The van der Waals surface area contributed by atoms with Crippen molar-refractivity contribution in [2.45, 2.75) is 19.4 Å². The van der Waals surface area contributed by atoms with Gasteiger partial charge in [0.15, 0.2) is 9.84 Å². The van der Waals surface area contributed by atoms with E-state index in [9.17, 15) is 13.2 Å². The van der Waals surface area contributed by atoms with Crippen molar-refractivity contribution in [2.24, 2.45) is 0 Å². The highest BCUT2D eigenvalue weighted by atomic mass is 32.2. The third-order valence-electron chi connectivity index (χ3n) is 3.39. The minimum atomic E-state index is -3.08. The fourth-order valence-corrected chi connectivity index (χ4v) is 4.08. The number of rotatable bonds is 4. The Morgan fingerprint density at radius 3 is 2.48 bits per heavy atom. The first kappa shape index (κ1) is 15.6. The van der Waals surface area contributed by atoms with E-state index in [1.165, 1.54) is 4.90 Å². The Hall–Kier alpha value is -1.76. The maximum Gasteiger partial charge on any atom is 0.414 e. The summed E-state index contributed by atoms with van der Waals surface area (Å²) in [5, 5.41) is 0. The number of hydrogen-bond donors (Lipinski definition) is 0. The summed E-state index contributed by atoms with van der Waals surface area (Å²) in [6.45, 7) is 1.96. The van der Waals surface area contributed by atoms with Gasteiger partial charge < -0.3 is 9.47 Å². The summed E-state index contributed by atoms with van der Waals surface area (Å²) < 4.78 is 33.5. The summed E-state index contributed by atoms with van der Waals surface area (Å²) in [6.07, 6.45) is -0.0996. The summed E-state index contributed by atoms with van der Waals surface area (Å²) in [7, 11) is -1.53. The lowest BCUT2D eigenvalue weighted by Gasteiger charge is -2.27. The van der Waals surface area contributed by atoms with Crippen molar-refractivity contribution in [1.29, 1.82) is 0 Å². The van der Waals surface area contributed by atoms with E-state index in [0.29, 0.717) is 17.9 Å². The summed E-state index contributed by atoms with van der Waals surface area (Å²) in [5.41, 5.74) is 0.608. The normalized spacial score (nSPS) is 20.0. The molecule has 0 aliphatic carbocycles. The number of anilines is 1. The van der Waals surface area contributed by atoms with Gasteiger partial charge in [-0.25, -0.2) is 13.2 Å². The lowest BCUT2D eigenvalue weighted by molar-refractivity contribution is 0.157. The Morgan fingerprint density at radius 1 is 1.33 bits per heavy atom. The molecule has 1 atom stereocenters. The molecular weight excluding hydrogens is 294 g/mol. The van der Waals surface area contributed by atoms with Crippen LogP contribution in [0.15, 0.2) is 24.3 Å². The van der Waals surface area contributed by atoms with Crippen LogP contribution < -0.4 is 9.64 Å². The Balaban J connectivity index is 2.29. The molecule has 0 N–H and O–H groups in total. The van der Waals surface area contributed by atoms with Crippen LogP contribution in [0.2, 0.25) is 0 Å². The quantitative estimate of drug-likeness (QED) is 0.848. The van der Waals surface area contributed by atoms with Crippen LogP contribution in [0.4, 0.5) is 10.5 Å². The van der Waals surface area contributed by atoms with Gasteiger partial charge in [-0.05, 0) is 37.6 Å². The fourth-order valence-electron chi connectivity index (χ4n) is 2.38. The van der Waals surface area contributed by atoms with Crippen LogP contribution >= 0.6 is 0 Å². The van der Waals surface area contributed by atoms with E-state index in [4.69, 9.17) is 9.47 Å². The molecule has 0 radical (unpaired) electrons. The Morgan fingerprint density at radius 2 is 2.00 bits per heavy atom. The molecule has 0 spiro atoms. The summed E-state index contributed by atoms with van der Waals surface area (Å²) in [6, 6.07) is 6.51. The number of carbonyl (C=O) groups is 1. The van der Waals surface area contributed by atoms with E-state index >= 15 is 0 Å². The Labute approximate surface area is 124 Å². The van der Waals surface area contributed by atoms with Crippen molar-refractivity contribution in [3.63, 3.8) is 0 Å². The van der Waals surface area contributed by atoms with Gasteiger partial charge in [0, 0.05) is 5.69 Å². The molecule has 2 rings (SSSR count). The molecule has 1 aliphatic heterocycles. The maximum absolute atomic E-state index is 12.2. The van der Waals surface area contributed by atoms with Gasteiger partial charge in [-0.2, -0.15) is 0 Å². The smallest absolute Gasteiger partial charge is 0.414 e. The van der Waals surface area contributed by atoms with Crippen LogP contribution in [-0.4, -0.2) is 45.8 Å². The highest BCUT2D eigenvalue weighted by Gasteiger charge is 2.36. The topological polar surface area (TPSA) is 72.9 Å². The predicted molar refractivity (Wildman–Crippen MR) is 79.6 cm³/mol. The Bertz CT molecular complexity index is 596. The average molecular weight is 313 g/mol. The average Bonchev–Trinajstić information content (AvgIpc) is 2.80. The third kappa shape index (κ3) is 3.66. The van der Waals surface area contributed by atoms with Crippen LogP contribution in [-0.2, 0) is 14.6 Å². The molecule has 0 aromatic heterocycles. The fraction of sp³-hybridized carbons (Fsp3) is 0.500. The second-order valence-electron chi connectivity index (χ2n) is 4.82. The van der Waals surface area contributed by atoms with E-state index in [1.807, 2.05) is 0 Å². The number of carbonyl (C=O) groups excluding carboxylic acids is 1. The number of ether oxygens (including phenoxy) is 2. The minimum Gasteiger partial charge on any atom is -0.497 e. The second kappa shape index (κ2) is 6.34. The number of amides is 1. The van der Waals surface area contributed by atoms with E-state index in [2.05, 4.69) is 0 Å². The van der Waals surface area contributed by atoms with Gasteiger partial charge in [-0.3, -0.25) is 4.90 Å². The lowest BCUT2D eigenvalue weighted by Crippen LogP contribution is -2.41. The van der Waals surface area contributed by atoms with Gasteiger partial charge in [0.1, 0.15) is 5.75 Å². The molecule has 21 heavy (non-hydrogen) atoms. The summed E-state index contributed by atoms with van der Waals surface area (Å²) >= 11 is 0. The van der Waals surface area contributed by atoms with E-state index in [1.54, 1.807) is 38.3 Å². The molecular formula is C14H19NO5S. The van der Waals surface area contributed by atoms with E-state index in [0.717, 1.165) is 0 Å². The van der Waals surface area contributed by atoms with Crippen LogP contribution in [0.1, 0.15) is 13.3 Å². The number of hydrogen-bond acceptors (Lipinski definition) is 5. The van der Waals surface area contributed by atoms with Gasteiger partial charge in [-0.15, -0.1) is 0 Å². The molecule has 6 nitrogen and oxygen atoms in total. The standard InChI is InChI=1S/C14H19NO5S/c1-3-20-14(16)15(12-8-9-21(17,18)10-12)11-4-6-13(19-2)7-5-11/h4-7,12H,3,8-10H2,1-2H3. The van der Waals surface area contributed by atoms with Crippen LogP contribution in [0.5, 0.6) is 5.75 Å². The Kier molecular flexibility index (Phi) is 4.72. The van der Waals surface area contributed by atoms with Crippen LogP contribution in [0.3, 0.4) is 0 Å². The SMILES string of the molecule is CCOC(=O)N(c1ccc(OC)cc1)C1CCS(=O)(=O)C1. The zero-order chi connectivity index (χ0) is 15.5. The predicted octanol–water partition coefficient (Wildman–Crippen LogP) is 1.85. The van der Waals surface area contributed by atoms with Gasteiger partial charge in [0.05, 0.1) is 31.3 Å². The van der Waals surface area contributed by atoms with Crippen LogP contribution in [0, 0.1) is 0 Å². The molecule has 1 aliphatic rings. The molecule has 116 valence electrons. The zero-order valence-electron chi connectivity index (χ0n) is 12.1. The van der Waals surface area contributed by atoms with Crippen molar-refractivity contribution < 1.29 is 22.7 Å². The van der Waals surface area contributed by atoms with Crippen molar-refractivity contribution in [3.8, 4) is 5.75 Å². The molecule has 1 amide bonds. The first-order valence-electron chi connectivity index (χ1n) is 6.77. The monoisotopic (exact) mass is 313 g/mol. The highest BCUT2D eigenvalue weighted by Crippen LogP contribution is 2.27. The van der Waals surface area contributed by atoms with E-state index < -0.39 is 15.9 Å². The van der Waals surface area contributed by atoms with Gasteiger partial charge in [0.25, 0.3) is 0 Å². The van der Waals surface area contributed by atoms with E-state index in [-0.39, 0.29) is 24.2 Å². The molecule has 1 fully saturated rings. The minimum absolute atomic E-state index is 0.0299. The van der Waals surface area contributed by atoms with Crippen molar-refractivity contribution >= 4 is 21.6 Å². The molecule has 1 heterocycles. The molecule has 1 saturated heterocycles. The van der Waals surface area contributed by atoms with Gasteiger partial charge >= 0.3 is 6.09 Å². The maximum atomic E-state index is 12.2. The van der Waals surface area contributed by atoms with Gasteiger partial charge in [-0.1, -0.05) is 0 Å². The van der Waals surface area contributed by atoms with Crippen molar-refractivity contribution in [2.75, 3.05) is 30.1 Å². The van der Waals surface area contributed by atoms with Crippen LogP contribution in [0.25, 0.3) is 0 Å². The molecule has 7 heteroatoms. The molecule has 1 aromatic rings. The summed E-state index contributed by atoms with van der Waals surface area (Å²) in [5.74, 6) is 0.739. The number of nitrogens with zero attached hydrogens (tertiary/aromatic N) is 1. The molecule has 0 bridgehead atoms. The highest BCUT2D eigenvalue weighted by molar-refractivity contribution is 7.91. The first-order valence-corrected chi connectivity index (χ1v) is 8.59. The number of methoxy groups -OCH3 is 1. The lowest BCUT2D eigenvalue weighted by atomic mass is 10.2. The molecule has 1 aromatic carbocycles. The second-order valence-corrected chi connectivity index (χ2v) is 7.05. The largest absolute Gasteiger partial charge is 0.497 e. The van der Waals surface area contributed by atoms with Crippen molar-refractivity contribution in [3.05, 3.63) is 24.3 Å². The summed E-state index contributed by atoms with van der Waals surface area (Å²) in [4.78, 5) is 13.6. The van der Waals surface area contributed by atoms with Gasteiger partial charge in [0.2, 0.25) is 0 Å². The molecule has 0 saturated carbocycles. The molecule has 1 unspecified atom stereocenters.